The quantitative estimate of drug-likeness (QED) is 0.207. The van der Waals surface area contributed by atoms with E-state index < -0.39 is 0 Å². The number of hydrogen-bond acceptors (Lipinski definition) is 5. The third-order valence-electron chi connectivity index (χ3n) is 14.7. The highest BCUT2D eigenvalue weighted by Crippen LogP contribution is 2.60. The van der Waals surface area contributed by atoms with Gasteiger partial charge in [-0.15, -0.1) is 0 Å². The zero-order valence-corrected chi connectivity index (χ0v) is 31.8. The summed E-state index contributed by atoms with van der Waals surface area (Å²) in [6.45, 7) is 12.1. The lowest BCUT2D eigenvalue weighted by Gasteiger charge is -2.59. The van der Waals surface area contributed by atoms with Gasteiger partial charge in [-0.2, -0.15) is 0 Å². The number of piperazine rings is 2. The third kappa shape index (κ3) is 8.25. The number of nitrogens with one attached hydrogen (secondary N) is 1. The smallest absolute Gasteiger partial charge is 0.0264 e. The van der Waals surface area contributed by atoms with Crippen LogP contribution in [-0.2, 0) is 19.3 Å². The molecule has 4 aliphatic carbocycles. The van der Waals surface area contributed by atoms with Gasteiger partial charge in [-0.1, -0.05) is 91.0 Å². The van der Waals surface area contributed by atoms with Crippen LogP contribution < -0.4 is 5.32 Å². The molecule has 3 saturated heterocycles. The van der Waals surface area contributed by atoms with Crippen LogP contribution in [-0.4, -0.2) is 109 Å². The molecule has 52 heavy (non-hydrogen) atoms. The molecule has 4 atom stereocenters. The molecule has 5 heteroatoms. The summed E-state index contributed by atoms with van der Waals surface area (Å²) in [4.78, 5) is 11.8. The molecule has 0 unspecified atom stereocenters. The van der Waals surface area contributed by atoms with E-state index in [4.69, 9.17) is 0 Å². The molecule has 10 rings (SSSR count). The molecule has 3 aromatic rings. The van der Waals surface area contributed by atoms with Crippen molar-refractivity contribution < 1.29 is 0 Å². The van der Waals surface area contributed by atoms with Gasteiger partial charge in [0.25, 0.3) is 0 Å². The van der Waals surface area contributed by atoms with Crippen molar-refractivity contribution in [3.8, 4) is 0 Å². The summed E-state index contributed by atoms with van der Waals surface area (Å²) in [5.41, 5.74) is 5.09. The zero-order chi connectivity index (χ0) is 34.7. The first-order chi connectivity index (χ1) is 25.6. The van der Waals surface area contributed by atoms with Crippen LogP contribution in [0.2, 0.25) is 0 Å². The summed E-state index contributed by atoms with van der Waals surface area (Å²) in [6.07, 6.45) is 15.3. The van der Waals surface area contributed by atoms with E-state index in [1.165, 1.54) is 108 Å². The van der Waals surface area contributed by atoms with Crippen molar-refractivity contribution in [2.45, 2.75) is 94.8 Å². The van der Waals surface area contributed by atoms with E-state index in [1.54, 1.807) is 19.3 Å². The van der Waals surface area contributed by atoms with Crippen LogP contribution in [0.25, 0.3) is 0 Å². The fourth-order valence-electron chi connectivity index (χ4n) is 12.7. The minimum Gasteiger partial charge on any atom is -0.314 e. The number of hydrogen-bond donors (Lipinski definition) is 1. The number of benzene rings is 3. The van der Waals surface area contributed by atoms with Gasteiger partial charge in [-0.3, -0.25) is 19.6 Å². The van der Waals surface area contributed by atoms with Gasteiger partial charge in [0, 0.05) is 83.1 Å². The van der Waals surface area contributed by atoms with Crippen molar-refractivity contribution in [2.24, 2.45) is 23.2 Å². The minimum absolute atomic E-state index is 0.547. The fraction of sp³-hybridized carbons (Fsp3) is 0.617. The standard InChI is InChI=1S/C47H65N5/c1-4-11-37(12-5-1)26-44-32-48-18-20-50(44)33-43-17-10-19-49(43)34-45(27-38-13-6-2-7-14-38)51-21-22-52(46(35-51)28-39-15-8-3-9-16-39)36-47-29-40-23-41(30-47)25-42(24-40)31-47/h1-9,11-16,40-46,48H,10,17-36H2/t40?,41?,42?,43-,44-,45-,46-,47?/m0/s1. The Hall–Kier alpha value is -2.54. The average molecular weight is 700 g/mol. The predicted octanol–water partition coefficient (Wildman–Crippen LogP) is 7.02. The van der Waals surface area contributed by atoms with E-state index in [0.717, 1.165) is 43.7 Å². The molecule has 0 aromatic heterocycles. The fourth-order valence-corrected chi connectivity index (χ4v) is 12.7. The summed E-state index contributed by atoms with van der Waals surface area (Å²) >= 11 is 0. The summed E-state index contributed by atoms with van der Waals surface area (Å²) in [5, 5.41) is 3.72. The Morgan fingerprint density at radius 3 is 1.88 bits per heavy atom. The Kier molecular flexibility index (Phi) is 10.9. The monoisotopic (exact) mass is 700 g/mol. The average Bonchev–Trinajstić information content (AvgIpc) is 3.59. The van der Waals surface area contributed by atoms with Crippen molar-refractivity contribution in [1.82, 2.24) is 24.9 Å². The van der Waals surface area contributed by atoms with E-state index in [1.807, 2.05) is 0 Å². The van der Waals surface area contributed by atoms with Gasteiger partial charge in [0.2, 0.25) is 0 Å². The molecule has 7 fully saturated rings. The highest BCUT2D eigenvalue weighted by atomic mass is 15.3. The van der Waals surface area contributed by atoms with Crippen molar-refractivity contribution in [3.63, 3.8) is 0 Å². The number of likely N-dealkylation sites (tertiary alicyclic amines) is 1. The molecule has 0 spiro atoms. The first-order valence-corrected chi connectivity index (χ1v) is 21.4. The Bertz CT molecular complexity index is 1510. The van der Waals surface area contributed by atoms with Gasteiger partial charge in [0.1, 0.15) is 0 Å². The molecule has 4 bridgehead atoms. The lowest BCUT2D eigenvalue weighted by Crippen LogP contribution is -2.62. The molecule has 3 aliphatic heterocycles. The number of rotatable bonds is 13. The van der Waals surface area contributed by atoms with E-state index in [0.29, 0.717) is 29.6 Å². The zero-order valence-electron chi connectivity index (χ0n) is 31.8. The van der Waals surface area contributed by atoms with Crippen LogP contribution in [0.1, 0.15) is 68.1 Å². The SMILES string of the molecule is c1ccc(C[C@H]2CNCCN2C[C@@H]2CCCN2C[C@H](Cc2ccccc2)N2CCN(CC34CC5CC(CC(C5)C3)C4)[C@@H](Cc3ccccc3)C2)cc1. The molecule has 1 N–H and O–H groups in total. The number of nitrogens with zero attached hydrogens (tertiary/aromatic N) is 4. The first-order valence-electron chi connectivity index (χ1n) is 21.4. The Labute approximate surface area is 315 Å². The van der Waals surface area contributed by atoms with Crippen LogP contribution in [0.15, 0.2) is 91.0 Å². The molecule has 3 heterocycles. The van der Waals surface area contributed by atoms with Crippen LogP contribution in [0, 0.1) is 23.2 Å². The van der Waals surface area contributed by atoms with Gasteiger partial charge >= 0.3 is 0 Å². The molecule has 4 saturated carbocycles. The second kappa shape index (κ2) is 16.1. The Balaban J connectivity index is 0.921. The Morgan fingerprint density at radius 2 is 1.23 bits per heavy atom. The molecular formula is C47H65N5. The van der Waals surface area contributed by atoms with E-state index in [-0.39, 0.29) is 0 Å². The second-order valence-corrected chi connectivity index (χ2v) is 18.4. The van der Waals surface area contributed by atoms with Gasteiger partial charge in [0.15, 0.2) is 0 Å². The van der Waals surface area contributed by atoms with Crippen LogP contribution in [0.3, 0.4) is 0 Å². The van der Waals surface area contributed by atoms with E-state index in [9.17, 15) is 0 Å². The van der Waals surface area contributed by atoms with Crippen LogP contribution in [0.5, 0.6) is 0 Å². The second-order valence-electron chi connectivity index (χ2n) is 18.4. The molecule has 0 amide bonds. The predicted molar refractivity (Wildman–Crippen MR) is 215 cm³/mol. The first kappa shape index (κ1) is 35.2. The normalized spacial score (nSPS) is 33.5. The lowest BCUT2D eigenvalue weighted by atomic mass is 9.49. The summed E-state index contributed by atoms with van der Waals surface area (Å²) < 4.78 is 0. The van der Waals surface area contributed by atoms with E-state index >= 15 is 0 Å². The highest BCUT2D eigenvalue weighted by molar-refractivity contribution is 5.19. The molecule has 0 radical (unpaired) electrons. The van der Waals surface area contributed by atoms with Gasteiger partial charge in [-0.25, -0.2) is 0 Å². The third-order valence-corrected chi connectivity index (χ3v) is 14.7. The molecule has 5 nitrogen and oxygen atoms in total. The molecule has 3 aromatic carbocycles. The minimum atomic E-state index is 0.547. The maximum Gasteiger partial charge on any atom is 0.0264 e. The van der Waals surface area contributed by atoms with Gasteiger partial charge < -0.3 is 5.32 Å². The maximum absolute atomic E-state index is 3.72. The van der Waals surface area contributed by atoms with Gasteiger partial charge in [0.05, 0.1) is 0 Å². The van der Waals surface area contributed by atoms with E-state index in [2.05, 4.69) is 116 Å². The topological polar surface area (TPSA) is 25.0 Å². The van der Waals surface area contributed by atoms with Gasteiger partial charge in [-0.05, 0) is 117 Å². The summed E-state index contributed by atoms with van der Waals surface area (Å²) in [6, 6.07) is 36.5. The molecule has 7 aliphatic rings. The van der Waals surface area contributed by atoms with Crippen molar-refractivity contribution in [3.05, 3.63) is 108 Å². The van der Waals surface area contributed by atoms with Crippen LogP contribution in [0.4, 0.5) is 0 Å². The largest absolute Gasteiger partial charge is 0.314 e. The lowest BCUT2D eigenvalue weighted by molar-refractivity contribution is -0.0847. The van der Waals surface area contributed by atoms with Crippen molar-refractivity contribution in [2.75, 3.05) is 65.4 Å². The van der Waals surface area contributed by atoms with Crippen LogP contribution >= 0.6 is 0 Å². The van der Waals surface area contributed by atoms with Crippen molar-refractivity contribution >= 4 is 0 Å². The van der Waals surface area contributed by atoms with Crippen molar-refractivity contribution in [1.29, 1.82) is 0 Å². The maximum atomic E-state index is 3.72. The highest BCUT2D eigenvalue weighted by Gasteiger charge is 2.52. The Morgan fingerprint density at radius 1 is 0.615 bits per heavy atom. The molecule has 278 valence electrons. The summed E-state index contributed by atoms with van der Waals surface area (Å²) in [5.74, 6) is 3.08. The molecular weight excluding hydrogens is 635 g/mol. The summed E-state index contributed by atoms with van der Waals surface area (Å²) in [7, 11) is 0.